The van der Waals surface area contributed by atoms with Crippen molar-refractivity contribution in [3.63, 3.8) is 0 Å². The maximum atomic E-state index is 12.0. The zero-order chi connectivity index (χ0) is 22.1. The van der Waals surface area contributed by atoms with Crippen molar-refractivity contribution in [3.05, 3.63) is 90.0 Å². The summed E-state index contributed by atoms with van der Waals surface area (Å²) in [7, 11) is 1.55. The SMILES string of the molecule is COc1ccc(NC(=O)C(=O)NN=C(C)c2ccc(OCc3ccccc3)cc2)cc1. The van der Waals surface area contributed by atoms with Crippen LogP contribution in [0.25, 0.3) is 0 Å². The van der Waals surface area contributed by atoms with Gasteiger partial charge in [0.15, 0.2) is 0 Å². The van der Waals surface area contributed by atoms with Gasteiger partial charge in [-0.15, -0.1) is 0 Å². The number of nitrogens with zero attached hydrogens (tertiary/aromatic N) is 1. The molecule has 0 heterocycles. The van der Waals surface area contributed by atoms with Gasteiger partial charge in [-0.05, 0) is 66.6 Å². The van der Waals surface area contributed by atoms with Crippen molar-refractivity contribution >= 4 is 23.2 Å². The number of anilines is 1. The Labute approximate surface area is 180 Å². The highest BCUT2D eigenvalue weighted by molar-refractivity contribution is 6.39. The lowest BCUT2D eigenvalue weighted by molar-refractivity contribution is -0.136. The summed E-state index contributed by atoms with van der Waals surface area (Å²) in [6.45, 7) is 2.22. The van der Waals surface area contributed by atoms with Gasteiger partial charge in [0.25, 0.3) is 0 Å². The second-order valence-corrected chi connectivity index (χ2v) is 6.62. The van der Waals surface area contributed by atoms with Crippen LogP contribution in [0.3, 0.4) is 0 Å². The Morgan fingerprint density at radius 1 is 0.839 bits per heavy atom. The lowest BCUT2D eigenvalue weighted by atomic mass is 10.1. The predicted octanol–water partition coefficient (Wildman–Crippen LogP) is 3.75. The summed E-state index contributed by atoms with van der Waals surface area (Å²) in [5, 5.41) is 6.50. The van der Waals surface area contributed by atoms with E-state index in [-0.39, 0.29) is 0 Å². The highest BCUT2D eigenvalue weighted by Gasteiger charge is 2.13. The molecule has 158 valence electrons. The maximum Gasteiger partial charge on any atom is 0.329 e. The van der Waals surface area contributed by atoms with Gasteiger partial charge >= 0.3 is 11.8 Å². The molecule has 2 N–H and O–H groups in total. The molecule has 0 aromatic heterocycles. The molecule has 0 saturated carbocycles. The second-order valence-electron chi connectivity index (χ2n) is 6.62. The molecule has 3 rings (SSSR count). The van der Waals surface area contributed by atoms with Crippen molar-refractivity contribution in [1.29, 1.82) is 0 Å². The van der Waals surface area contributed by atoms with Crippen molar-refractivity contribution in [1.82, 2.24) is 5.43 Å². The van der Waals surface area contributed by atoms with Gasteiger partial charge in [0, 0.05) is 5.69 Å². The number of hydrogen-bond donors (Lipinski definition) is 2. The molecule has 3 aromatic carbocycles. The Hall–Kier alpha value is -4.13. The van der Waals surface area contributed by atoms with Gasteiger partial charge < -0.3 is 14.8 Å². The molecule has 2 amide bonds. The minimum Gasteiger partial charge on any atom is -0.497 e. The molecule has 0 atom stereocenters. The molecule has 0 unspecified atom stereocenters. The number of amides is 2. The lowest BCUT2D eigenvalue weighted by Gasteiger charge is -2.08. The number of carbonyl (C=O) groups is 2. The van der Waals surface area contributed by atoms with Crippen LogP contribution in [0, 0.1) is 0 Å². The average Bonchev–Trinajstić information content (AvgIpc) is 2.82. The van der Waals surface area contributed by atoms with E-state index < -0.39 is 11.8 Å². The van der Waals surface area contributed by atoms with Gasteiger partial charge in [0.1, 0.15) is 18.1 Å². The maximum absolute atomic E-state index is 12.0. The number of nitrogens with one attached hydrogen (secondary N) is 2. The third-order valence-corrected chi connectivity index (χ3v) is 4.40. The molecule has 0 bridgehead atoms. The lowest BCUT2D eigenvalue weighted by Crippen LogP contribution is -2.32. The third-order valence-electron chi connectivity index (χ3n) is 4.40. The molecule has 7 nitrogen and oxygen atoms in total. The van der Waals surface area contributed by atoms with Crippen LogP contribution in [-0.4, -0.2) is 24.6 Å². The van der Waals surface area contributed by atoms with Crippen LogP contribution >= 0.6 is 0 Å². The topological polar surface area (TPSA) is 89.0 Å². The summed E-state index contributed by atoms with van der Waals surface area (Å²) in [6.07, 6.45) is 0. The van der Waals surface area contributed by atoms with E-state index >= 15 is 0 Å². The van der Waals surface area contributed by atoms with E-state index in [0.29, 0.717) is 23.8 Å². The molecule has 7 heteroatoms. The Kier molecular flexibility index (Phi) is 7.37. The molecule has 0 aliphatic rings. The summed E-state index contributed by atoms with van der Waals surface area (Å²) in [5.74, 6) is -0.299. The van der Waals surface area contributed by atoms with Gasteiger partial charge in [-0.25, -0.2) is 5.43 Å². The molecule has 31 heavy (non-hydrogen) atoms. The fourth-order valence-electron chi connectivity index (χ4n) is 2.65. The molecule has 0 fully saturated rings. The van der Waals surface area contributed by atoms with E-state index in [2.05, 4.69) is 15.8 Å². The van der Waals surface area contributed by atoms with E-state index in [1.54, 1.807) is 38.3 Å². The normalized spacial score (nSPS) is 10.8. The number of ether oxygens (including phenoxy) is 2. The summed E-state index contributed by atoms with van der Waals surface area (Å²) in [5.41, 5.74) is 5.18. The number of benzene rings is 3. The summed E-state index contributed by atoms with van der Waals surface area (Å²) in [6, 6.07) is 23.9. The molecule has 0 aliphatic carbocycles. The van der Waals surface area contributed by atoms with Gasteiger partial charge in [0.2, 0.25) is 0 Å². The molecule has 0 radical (unpaired) electrons. The number of hydrazone groups is 1. The zero-order valence-corrected chi connectivity index (χ0v) is 17.3. The third kappa shape index (κ3) is 6.43. The summed E-state index contributed by atoms with van der Waals surface area (Å²) >= 11 is 0. The van der Waals surface area contributed by atoms with Crippen LogP contribution in [0.4, 0.5) is 5.69 Å². The van der Waals surface area contributed by atoms with Crippen LogP contribution in [0.15, 0.2) is 84.0 Å². The molecule has 3 aromatic rings. The fourth-order valence-corrected chi connectivity index (χ4v) is 2.65. The number of rotatable bonds is 7. The summed E-state index contributed by atoms with van der Waals surface area (Å²) < 4.78 is 10.8. The van der Waals surface area contributed by atoms with E-state index in [9.17, 15) is 9.59 Å². The van der Waals surface area contributed by atoms with Crippen LogP contribution < -0.4 is 20.2 Å². The zero-order valence-electron chi connectivity index (χ0n) is 17.3. The Bertz CT molecular complexity index is 1050. The highest BCUT2D eigenvalue weighted by atomic mass is 16.5. The number of hydrogen-bond acceptors (Lipinski definition) is 5. The first-order chi connectivity index (χ1) is 15.0. The highest BCUT2D eigenvalue weighted by Crippen LogP contribution is 2.16. The second kappa shape index (κ2) is 10.6. The number of methoxy groups -OCH3 is 1. The van der Waals surface area contributed by atoms with Gasteiger partial charge in [-0.3, -0.25) is 9.59 Å². The Balaban J connectivity index is 1.51. The molecule has 0 spiro atoms. The molecule has 0 saturated heterocycles. The molecular weight excluding hydrogens is 394 g/mol. The standard InChI is InChI=1S/C24H23N3O4/c1-17(19-8-12-22(13-9-19)31-16-18-6-4-3-5-7-18)26-27-24(29)23(28)25-20-10-14-21(30-2)15-11-20/h3-15H,16H2,1-2H3,(H,25,28)(H,27,29). The molecular formula is C24H23N3O4. The van der Waals surface area contributed by atoms with E-state index in [4.69, 9.17) is 9.47 Å². The predicted molar refractivity (Wildman–Crippen MR) is 119 cm³/mol. The van der Waals surface area contributed by atoms with Crippen LogP contribution in [0.5, 0.6) is 11.5 Å². The first-order valence-corrected chi connectivity index (χ1v) is 9.62. The first kappa shape index (κ1) is 21.6. The van der Waals surface area contributed by atoms with Gasteiger partial charge in [-0.1, -0.05) is 30.3 Å². The van der Waals surface area contributed by atoms with Gasteiger partial charge in [0.05, 0.1) is 12.8 Å². The first-order valence-electron chi connectivity index (χ1n) is 9.62. The van der Waals surface area contributed by atoms with E-state index in [1.165, 1.54) is 0 Å². The summed E-state index contributed by atoms with van der Waals surface area (Å²) in [4.78, 5) is 24.0. The quantitative estimate of drug-likeness (QED) is 0.348. The largest absolute Gasteiger partial charge is 0.497 e. The monoisotopic (exact) mass is 417 g/mol. The average molecular weight is 417 g/mol. The smallest absolute Gasteiger partial charge is 0.329 e. The van der Waals surface area contributed by atoms with Crippen LogP contribution in [0.1, 0.15) is 18.1 Å². The van der Waals surface area contributed by atoms with Crippen LogP contribution in [-0.2, 0) is 16.2 Å². The molecule has 0 aliphatic heterocycles. The van der Waals surface area contributed by atoms with Crippen molar-refractivity contribution in [2.45, 2.75) is 13.5 Å². The van der Waals surface area contributed by atoms with E-state index in [1.807, 2.05) is 54.6 Å². The Morgan fingerprint density at radius 2 is 1.48 bits per heavy atom. The minimum atomic E-state index is -0.863. The van der Waals surface area contributed by atoms with Gasteiger partial charge in [-0.2, -0.15) is 5.10 Å². The van der Waals surface area contributed by atoms with Crippen molar-refractivity contribution in [3.8, 4) is 11.5 Å². The fraction of sp³-hybridized carbons (Fsp3) is 0.125. The number of carbonyl (C=O) groups excluding carboxylic acids is 2. The minimum absolute atomic E-state index is 0.479. The van der Waals surface area contributed by atoms with E-state index in [0.717, 1.165) is 16.9 Å². The van der Waals surface area contributed by atoms with Crippen molar-refractivity contribution < 1.29 is 19.1 Å². The van der Waals surface area contributed by atoms with Crippen LogP contribution in [0.2, 0.25) is 0 Å². The van der Waals surface area contributed by atoms with Crippen molar-refractivity contribution in [2.24, 2.45) is 5.10 Å². The van der Waals surface area contributed by atoms with Crippen molar-refractivity contribution in [2.75, 3.05) is 12.4 Å². The Morgan fingerprint density at radius 3 is 2.13 bits per heavy atom.